The highest BCUT2D eigenvalue weighted by Gasteiger charge is 2.23. The Labute approximate surface area is 141 Å². The van der Waals surface area contributed by atoms with E-state index >= 15 is 0 Å². The molecule has 2 N–H and O–H groups in total. The average molecular weight is 329 g/mol. The molecule has 3 nitrogen and oxygen atoms in total. The molecule has 0 fully saturated rings. The summed E-state index contributed by atoms with van der Waals surface area (Å²) < 4.78 is 0. The summed E-state index contributed by atoms with van der Waals surface area (Å²) in [4.78, 5) is 12.0. The van der Waals surface area contributed by atoms with Crippen LogP contribution in [0.15, 0.2) is 58.8 Å². The number of allylic oxidation sites excluding steroid dienone is 1. The molecule has 0 saturated carbocycles. The summed E-state index contributed by atoms with van der Waals surface area (Å²) in [7, 11) is 0. The van der Waals surface area contributed by atoms with Crippen molar-refractivity contribution in [2.45, 2.75) is 32.3 Å². The number of hydrogen-bond acceptors (Lipinski definition) is 3. The Hall–Kier alpha value is -1.91. The average Bonchev–Trinajstić information content (AvgIpc) is 3.07. The van der Waals surface area contributed by atoms with E-state index in [9.17, 15) is 9.90 Å². The van der Waals surface area contributed by atoms with Crippen LogP contribution >= 0.6 is 11.3 Å². The third-order valence-electron chi connectivity index (χ3n) is 3.78. The fourth-order valence-electron chi connectivity index (χ4n) is 2.27. The fraction of sp³-hybridized carbons (Fsp3) is 0.316. The van der Waals surface area contributed by atoms with E-state index in [1.165, 1.54) is 16.9 Å². The summed E-state index contributed by atoms with van der Waals surface area (Å²) in [5, 5.41) is 17.0. The molecule has 1 aromatic carbocycles. The van der Waals surface area contributed by atoms with Gasteiger partial charge in [-0.2, -0.15) is 11.3 Å². The van der Waals surface area contributed by atoms with Crippen molar-refractivity contribution in [3.8, 4) is 0 Å². The highest BCUT2D eigenvalue weighted by atomic mass is 32.1. The lowest BCUT2D eigenvalue weighted by molar-refractivity contribution is -0.117. The van der Waals surface area contributed by atoms with Crippen molar-refractivity contribution >= 4 is 17.2 Å². The van der Waals surface area contributed by atoms with Crippen molar-refractivity contribution in [3.63, 3.8) is 0 Å². The molecule has 2 aromatic rings. The van der Waals surface area contributed by atoms with Crippen LogP contribution in [-0.4, -0.2) is 17.6 Å². The Morgan fingerprint density at radius 2 is 2.04 bits per heavy atom. The molecular weight excluding hydrogens is 306 g/mol. The summed E-state index contributed by atoms with van der Waals surface area (Å²) in [6.07, 6.45) is 3.38. The molecule has 0 aliphatic rings. The summed E-state index contributed by atoms with van der Waals surface area (Å²) in [6, 6.07) is 12.1. The van der Waals surface area contributed by atoms with Crippen molar-refractivity contribution < 1.29 is 9.90 Å². The van der Waals surface area contributed by atoms with Gasteiger partial charge in [0.1, 0.15) is 5.60 Å². The molecule has 122 valence electrons. The van der Waals surface area contributed by atoms with Crippen LogP contribution in [0.25, 0.3) is 0 Å². The van der Waals surface area contributed by atoms with E-state index in [0.717, 1.165) is 24.0 Å². The van der Waals surface area contributed by atoms with Gasteiger partial charge < -0.3 is 10.4 Å². The van der Waals surface area contributed by atoms with Crippen LogP contribution < -0.4 is 5.32 Å². The summed E-state index contributed by atoms with van der Waals surface area (Å²) >= 11 is 1.53. The van der Waals surface area contributed by atoms with Crippen LogP contribution in [0.2, 0.25) is 0 Å². The van der Waals surface area contributed by atoms with Gasteiger partial charge in [-0.15, -0.1) is 0 Å². The van der Waals surface area contributed by atoms with E-state index in [4.69, 9.17) is 0 Å². The maximum absolute atomic E-state index is 12.0. The van der Waals surface area contributed by atoms with Crippen molar-refractivity contribution in [1.29, 1.82) is 0 Å². The maximum Gasteiger partial charge on any atom is 0.244 e. The minimum Gasteiger partial charge on any atom is -0.384 e. The highest BCUT2D eigenvalue weighted by molar-refractivity contribution is 7.08. The van der Waals surface area contributed by atoms with E-state index < -0.39 is 5.60 Å². The molecule has 1 atom stereocenters. The molecular formula is C19H23NO2S. The Balaban J connectivity index is 1.81. The number of nitrogens with one attached hydrogen (secondary N) is 1. The Bertz CT molecular complexity index is 645. The zero-order valence-corrected chi connectivity index (χ0v) is 14.4. The number of hydrogen-bond donors (Lipinski definition) is 2. The van der Waals surface area contributed by atoms with Gasteiger partial charge in [0.2, 0.25) is 5.91 Å². The Morgan fingerprint density at radius 1 is 1.30 bits per heavy atom. The molecule has 0 saturated heterocycles. The van der Waals surface area contributed by atoms with E-state index in [2.05, 4.69) is 17.4 Å². The van der Waals surface area contributed by atoms with Crippen LogP contribution in [-0.2, 0) is 16.8 Å². The molecule has 1 aromatic heterocycles. The first-order chi connectivity index (χ1) is 11.0. The standard InChI is InChI=1S/C19H23NO2S/c1-15(8-9-16-6-4-3-5-7-16)12-18(21)20-14-19(2,22)17-10-11-23-13-17/h3-7,10-13,22H,8-9,14H2,1-2H3,(H,20,21). The molecule has 1 unspecified atom stereocenters. The number of amides is 1. The fourth-order valence-corrected chi connectivity index (χ4v) is 3.05. The number of thiophene rings is 1. The van der Waals surface area contributed by atoms with Crippen LogP contribution in [0.5, 0.6) is 0 Å². The number of aryl methyl sites for hydroxylation is 1. The molecule has 0 aliphatic carbocycles. The normalized spacial score (nSPS) is 14.3. The van der Waals surface area contributed by atoms with Gasteiger partial charge in [-0.25, -0.2) is 0 Å². The predicted octanol–water partition coefficient (Wildman–Crippen LogP) is 3.65. The number of aliphatic hydroxyl groups is 1. The van der Waals surface area contributed by atoms with Crippen molar-refractivity contribution in [1.82, 2.24) is 5.32 Å². The highest BCUT2D eigenvalue weighted by Crippen LogP contribution is 2.22. The van der Waals surface area contributed by atoms with Crippen molar-refractivity contribution in [2.24, 2.45) is 0 Å². The number of benzene rings is 1. The molecule has 0 spiro atoms. The minimum absolute atomic E-state index is 0.161. The van der Waals surface area contributed by atoms with Gasteiger partial charge in [0, 0.05) is 6.08 Å². The van der Waals surface area contributed by atoms with Gasteiger partial charge in [-0.1, -0.05) is 35.9 Å². The summed E-state index contributed by atoms with van der Waals surface area (Å²) in [6.45, 7) is 3.87. The molecule has 23 heavy (non-hydrogen) atoms. The third kappa shape index (κ3) is 5.66. The maximum atomic E-state index is 12.0. The van der Waals surface area contributed by atoms with Crippen LogP contribution in [0.4, 0.5) is 0 Å². The van der Waals surface area contributed by atoms with Gasteiger partial charge in [-0.3, -0.25) is 4.79 Å². The van der Waals surface area contributed by atoms with Gasteiger partial charge in [0.15, 0.2) is 0 Å². The minimum atomic E-state index is -1.04. The van der Waals surface area contributed by atoms with E-state index in [-0.39, 0.29) is 12.5 Å². The van der Waals surface area contributed by atoms with Crippen molar-refractivity contribution in [2.75, 3.05) is 6.54 Å². The lowest BCUT2D eigenvalue weighted by atomic mass is 9.99. The second-order valence-electron chi connectivity index (χ2n) is 5.98. The second-order valence-corrected chi connectivity index (χ2v) is 6.76. The quantitative estimate of drug-likeness (QED) is 0.762. The van der Waals surface area contributed by atoms with Gasteiger partial charge in [-0.05, 0) is 54.6 Å². The molecule has 2 rings (SSSR count). The van der Waals surface area contributed by atoms with Crippen LogP contribution in [0.3, 0.4) is 0 Å². The zero-order chi connectivity index (χ0) is 16.7. The Kier molecular flexibility index (Phi) is 6.13. The lowest BCUT2D eigenvalue weighted by Gasteiger charge is -2.22. The third-order valence-corrected chi connectivity index (χ3v) is 4.46. The van der Waals surface area contributed by atoms with Crippen LogP contribution in [0, 0.1) is 0 Å². The first kappa shape index (κ1) is 17.4. The van der Waals surface area contributed by atoms with Gasteiger partial charge in [0.25, 0.3) is 0 Å². The molecule has 4 heteroatoms. The SMILES string of the molecule is CC(=CC(=O)NCC(C)(O)c1ccsc1)CCc1ccccc1. The van der Waals surface area contributed by atoms with Gasteiger partial charge >= 0.3 is 0 Å². The lowest BCUT2D eigenvalue weighted by Crippen LogP contribution is -2.37. The molecule has 0 aliphatic heterocycles. The zero-order valence-electron chi connectivity index (χ0n) is 13.6. The smallest absolute Gasteiger partial charge is 0.244 e. The number of carbonyl (C=O) groups excluding carboxylic acids is 1. The predicted molar refractivity (Wildman–Crippen MR) is 95.4 cm³/mol. The summed E-state index contributed by atoms with van der Waals surface area (Å²) in [5.74, 6) is -0.161. The number of rotatable bonds is 7. The van der Waals surface area contributed by atoms with E-state index in [1.807, 2.05) is 41.9 Å². The topological polar surface area (TPSA) is 49.3 Å². The largest absolute Gasteiger partial charge is 0.384 e. The van der Waals surface area contributed by atoms with Crippen LogP contribution in [0.1, 0.15) is 31.4 Å². The first-order valence-corrected chi connectivity index (χ1v) is 8.65. The second kappa shape index (κ2) is 8.09. The summed E-state index contributed by atoms with van der Waals surface area (Å²) in [5.41, 5.74) is 2.08. The number of carbonyl (C=O) groups is 1. The monoisotopic (exact) mass is 329 g/mol. The van der Waals surface area contributed by atoms with Gasteiger partial charge in [0.05, 0.1) is 6.54 Å². The molecule has 1 amide bonds. The van der Waals surface area contributed by atoms with E-state index in [1.54, 1.807) is 13.0 Å². The Morgan fingerprint density at radius 3 is 2.70 bits per heavy atom. The van der Waals surface area contributed by atoms with Crippen molar-refractivity contribution in [3.05, 3.63) is 69.9 Å². The molecule has 1 heterocycles. The molecule has 0 bridgehead atoms. The van der Waals surface area contributed by atoms with E-state index in [0.29, 0.717) is 0 Å². The first-order valence-electron chi connectivity index (χ1n) is 7.71. The molecule has 0 radical (unpaired) electrons.